The number of aryl methyl sites for hydroxylation is 2. The molecule has 1 N–H and O–H groups in total. The lowest BCUT2D eigenvalue weighted by atomic mass is 10.2. The predicted octanol–water partition coefficient (Wildman–Crippen LogP) is 2.64. The SMILES string of the molecule is COc1ccc(/C=C/C(=O)O[C@H](C)C(=O)Nc2c(C)nn(C)c2C)cc1OC. The van der Waals surface area contributed by atoms with Crippen LogP contribution in [0.4, 0.5) is 5.69 Å². The monoisotopic (exact) mass is 387 g/mol. The van der Waals surface area contributed by atoms with Crippen LogP contribution in [-0.4, -0.2) is 42.0 Å². The average Bonchev–Trinajstić information content (AvgIpc) is 2.91. The van der Waals surface area contributed by atoms with E-state index < -0.39 is 18.0 Å². The molecule has 0 fully saturated rings. The maximum atomic E-state index is 12.3. The highest BCUT2D eigenvalue weighted by atomic mass is 16.5. The van der Waals surface area contributed by atoms with Gasteiger partial charge in [-0.05, 0) is 44.5 Å². The summed E-state index contributed by atoms with van der Waals surface area (Å²) in [5, 5.41) is 6.99. The molecule has 1 heterocycles. The third kappa shape index (κ3) is 4.91. The Balaban J connectivity index is 1.98. The molecule has 0 unspecified atom stereocenters. The molecule has 1 atom stereocenters. The van der Waals surface area contributed by atoms with E-state index in [2.05, 4.69) is 10.4 Å². The highest BCUT2D eigenvalue weighted by Gasteiger charge is 2.20. The highest BCUT2D eigenvalue weighted by Crippen LogP contribution is 2.28. The molecule has 0 aliphatic carbocycles. The maximum absolute atomic E-state index is 12.3. The molecule has 2 rings (SSSR count). The number of aromatic nitrogens is 2. The van der Waals surface area contributed by atoms with Gasteiger partial charge in [0.15, 0.2) is 17.6 Å². The fourth-order valence-electron chi connectivity index (χ4n) is 2.57. The first-order valence-electron chi connectivity index (χ1n) is 8.68. The van der Waals surface area contributed by atoms with Crippen LogP contribution in [0.1, 0.15) is 23.9 Å². The van der Waals surface area contributed by atoms with Crippen LogP contribution in [0.3, 0.4) is 0 Å². The number of anilines is 1. The number of rotatable bonds is 7. The van der Waals surface area contributed by atoms with Crippen LogP contribution in [0.2, 0.25) is 0 Å². The summed E-state index contributed by atoms with van der Waals surface area (Å²) in [7, 11) is 4.87. The Morgan fingerprint density at radius 2 is 1.86 bits per heavy atom. The van der Waals surface area contributed by atoms with Gasteiger partial charge in [0.05, 0.1) is 31.3 Å². The predicted molar refractivity (Wildman–Crippen MR) is 105 cm³/mol. The van der Waals surface area contributed by atoms with E-state index in [1.54, 1.807) is 50.0 Å². The second kappa shape index (κ2) is 9.07. The van der Waals surface area contributed by atoms with Crippen molar-refractivity contribution in [2.24, 2.45) is 7.05 Å². The lowest BCUT2D eigenvalue weighted by molar-refractivity contribution is -0.148. The molecule has 1 aromatic carbocycles. The minimum Gasteiger partial charge on any atom is -0.493 e. The molecule has 8 nitrogen and oxygen atoms in total. The number of esters is 1. The third-order valence-corrected chi connectivity index (χ3v) is 4.24. The molecule has 0 saturated heterocycles. The molecule has 0 bridgehead atoms. The largest absolute Gasteiger partial charge is 0.493 e. The molecular weight excluding hydrogens is 362 g/mol. The van der Waals surface area contributed by atoms with Crippen LogP contribution >= 0.6 is 0 Å². The molecule has 1 aromatic heterocycles. The lowest BCUT2D eigenvalue weighted by Gasteiger charge is -2.12. The van der Waals surface area contributed by atoms with Gasteiger partial charge in [-0.25, -0.2) is 4.79 Å². The summed E-state index contributed by atoms with van der Waals surface area (Å²) in [4.78, 5) is 24.3. The van der Waals surface area contributed by atoms with Crippen LogP contribution in [0.25, 0.3) is 6.08 Å². The van der Waals surface area contributed by atoms with Gasteiger partial charge in [0, 0.05) is 13.1 Å². The molecule has 0 spiro atoms. The molecule has 1 amide bonds. The van der Waals surface area contributed by atoms with Gasteiger partial charge in [0.1, 0.15) is 0 Å². The van der Waals surface area contributed by atoms with Gasteiger partial charge < -0.3 is 19.5 Å². The lowest BCUT2D eigenvalue weighted by Crippen LogP contribution is -2.29. The summed E-state index contributed by atoms with van der Waals surface area (Å²) in [6.45, 7) is 5.15. The molecule has 2 aromatic rings. The molecule has 0 aliphatic rings. The zero-order valence-corrected chi connectivity index (χ0v) is 16.9. The summed E-state index contributed by atoms with van der Waals surface area (Å²) in [6.07, 6.45) is 1.87. The standard InChI is InChI=1S/C20H25N3O5/c1-12-19(13(2)23(4)22-12)21-20(25)14(3)28-18(24)10-8-15-7-9-16(26-5)17(11-15)27-6/h7-11,14H,1-6H3,(H,21,25)/b10-8+/t14-/m1/s1. The van der Waals surface area contributed by atoms with Gasteiger partial charge in [-0.3, -0.25) is 9.48 Å². The quantitative estimate of drug-likeness (QED) is 0.580. The normalized spacial score (nSPS) is 11.9. The number of methoxy groups -OCH3 is 2. The Morgan fingerprint density at radius 1 is 1.18 bits per heavy atom. The number of ether oxygens (including phenoxy) is 3. The average molecular weight is 387 g/mol. The van der Waals surface area contributed by atoms with Gasteiger partial charge in [-0.15, -0.1) is 0 Å². The third-order valence-electron chi connectivity index (χ3n) is 4.24. The molecule has 0 radical (unpaired) electrons. The summed E-state index contributed by atoms with van der Waals surface area (Å²) in [5.41, 5.74) is 2.86. The van der Waals surface area contributed by atoms with Crippen LogP contribution in [0, 0.1) is 13.8 Å². The van der Waals surface area contributed by atoms with Crippen molar-refractivity contribution >= 4 is 23.6 Å². The van der Waals surface area contributed by atoms with Gasteiger partial charge in [0.25, 0.3) is 5.91 Å². The summed E-state index contributed by atoms with van der Waals surface area (Å²) < 4.78 is 17.2. The van der Waals surface area contributed by atoms with Crippen molar-refractivity contribution in [3.05, 3.63) is 41.2 Å². The van der Waals surface area contributed by atoms with E-state index in [1.165, 1.54) is 20.1 Å². The van der Waals surface area contributed by atoms with E-state index in [0.717, 1.165) is 11.3 Å². The van der Waals surface area contributed by atoms with E-state index in [1.807, 2.05) is 6.92 Å². The Hall–Kier alpha value is -3.29. The van der Waals surface area contributed by atoms with E-state index in [4.69, 9.17) is 14.2 Å². The van der Waals surface area contributed by atoms with Crippen molar-refractivity contribution in [3.63, 3.8) is 0 Å². The minimum atomic E-state index is -0.957. The Kier molecular flexibility index (Phi) is 6.81. The zero-order valence-electron chi connectivity index (χ0n) is 16.9. The smallest absolute Gasteiger partial charge is 0.331 e. The van der Waals surface area contributed by atoms with Crippen LogP contribution in [0.5, 0.6) is 11.5 Å². The van der Waals surface area contributed by atoms with E-state index in [-0.39, 0.29) is 0 Å². The van der Waals surface area contributed by atoms with Gasteiger partial charge >= 0.3 is 5.97 Å². The number of hydrogen-bond acceptors (Lipinski definition) is 6. The fourth-order valence-corrected chi connectivity index (χ4v) is 2.57. The molecular formula is C20H25N3O5. The molecule has 0 saturated carbocycles. The van der Waals surface area contributed by atoms with Gasteiger partial charge in [-0.2, -0.15) is 5.10 Å². The van der Waals surface area contributed by atoms with Crippen molar-refractivity contribution in [3.8, 4) is 11.5 Å². The summed E-state index contributed by atoms with van der Waals surface area (Å²) in [5.74, 6) is 0.0885. The van der Waals surface area contributed by atoms with E-state index >= 15 is 0 Å². The zero-order chi connectivity index (χ0) is 20.8. The summed E-state index contributed by atoms with van der Waals surface area (Å²) in [6, 6.07) is 5.24. The Bertz CT molecular complexity index is 901. The molecule has 150 valence electrons. The van der Waals surface area contributed by atoms with Crippen LogP contribution in [0.15, 0.2) is 24.3 Å². The second-order valence-corrected chi connectivity index (χ2v) is 6.19. The summed E-state index contributed by atoms with van der Waals surface area (Å²) >= 11 is 0. The number of hydrogen-bond donors (Lipinski definition) is 1. The maximum Gasteiger partial charge on any atom is 0.331 e. The molecule has 0 aliphatic heterocycles. The number of nitrogens with one attached hydrogen (secondary N) is 1. The number of carbonyl (C=O) groups is 2. The van der Waals surface area contributed by atoms with E-state index in [0.29, 0.717) is 22.9 Å². The molecule has 28 heavy (non-hydrogen) atoms. The number of amides is 1. The first-order chi connectivity index (χ1) is 13.3. The van der Waals surface area contributed by atoms with Crippen molar-refractivity contribution in [1.29, 1.82) is 0 Å². The van der Waals surface area contributed by atoms with Crippen LogP contribution in [-0.2, 0) is 21.4 Å². The fraction of sp³-hybridized carbons (Fsp3) is 0.350. The van der Waals surface area contributed by atoms with Crippen molar-refractivity contribution in [2.45, 2.75) is 26.9 Å². The first kappa shape index (κ1) is 21.0. The number of benzene rings is 1. The minimum absolute atomic E-state index is 0.424. The van der Waals surface area contributed by atoms with Gasteiger partial charge in [0.2, 0.25) is 0 Å². The Morgan fingerprint density at radius 3 is 2.43 bits per heavy atom. The second-order valence-electron chi connectivity index (χ2n) is 6.19. The topological polar surface area (TPSA) is 91.7 Å². The molecule has 8 heteroatoms. The number of carbonyl (C=O) groups excluding carboxylic acids is 2. The van der Waals surface area contributed by atoms with Crippen molar-refractivity contribution in [1.82, 2.24) is 9.78 Å². The van der Waals surface area contributed by atoms with Crippen molar-refractivity contribution in [2.75, 3.05) is 19.5 Å². The van der Waals surface area contributed by atoms with Gasteiger partial charge in [-0.1, -0.05) is 6.07 Å². The number of nitrogens with zero attached hydrogens (tertiary/aromatic N) is 2. The van der Waals surface area contributed by atoms with E-state index in [9.17, 15) is 9.59 Å². The van der Waals surface area contributed by atoms with Crippen LogP contribution < -0.4 is 14.8 Å². The first-order valence-corrected chi connectivity index (χ1v) is 8.68. The van der Waals surface area contributed by atoms with Crippen molar-refractivity contribution < 1.29 is 23.8 Å². The highest BCUT2D eigenvalue weighted by molar-refractivity contribution is 5.97. The Labute approximate surface area is 164 Å².